The van der Waals surface area contributed by atoms with Gasteiger partial charge in [-0.25, -0.2) is 4.98 Å². The van der Waals surface area contributed by atoms with Crippen LogP contribution >= 0.6 is 23.1 Å². The summed E-state index contributed by atoms with van der Waals surface area (Å²) in [6.45, 7) is 5.84. The van der Waals surface area contributed by atoms with Crippen LogP contribution in [0.3, 0.4) is 0 Å². The number of thiazole rings is 1. The Morgan fingerprint density at radius 2 is 2.04 bits per heavy atom. The molecule has 1 aromatic carbocycles. The van der Waals surface area contributed by atoms with Gasteiger partial charge in [-0.15, -0.1) is 21.5 Å². The van der Waals surface area contributed by atoms with Gasteiger partial charge in [0, 0.05) is 5.38 Å². The van der Waals surface area contributed by atoms with Crippen molar-refractivity contribution in [2.24, 2.45) is 0 Å². The molecule has 0 saturated heterocycles. The van der Waals surface area contributed by atoms with Crippen molar-refractivity contribution in [1.82, 2.24) is 19.7 Å². The molecule has 0 bridgehead atoms. The number of nitrogens with one attached hydrogen (secondary N) is 1. The number of hydrogen-bond donors (Lipinski definition) is 1. The second kappa shape index (κ2) is 7.14. The van der Waals surface area contributed by atoms with Crippen molar-refractivity contribution in [2.75, 3.05) is 11.1 Å². The lowest BCUT2D eigenvalue weighted by molar-refractivity contribution is -0.113. The first kappa shape index (κ1) is 16.7. The fraction of sp³-hybridized carbons (Fsp3) is 0.250. The third kappa shape index (κ3) is 3.65. The molecule has 0 aliphatic rings. The van der Waals surface area contributed by atoms with E-state index in [0.717, 1.165) is 22.8 Å². The van der Waals surface area contributed by atoms with Gasteiger partial charge >= 0.3 is 0 Å². The van der Waals surface area contributed by atoms with Crippen LogP contribution in [0.4, 0.5) is 5.13 Å². The third-order valence-corrected chi connectivity index (χ3v) is 5.15. The SMILES string of the molecule is Cc1csc(NC(=O)CSc2nnc(C)n2-c2ccccc2C)n1. The van der Waals surface area contributed by atoms with Crippen LogP contribution in [-0.2, 0) is 4.79 Å². The van der Waals surface area contributed by atoms with Gasteiger partial charge < -0.3 is 5.32 Å². The Hall–Kier alpha value is -2.19. The summed E-state index contributed by atoms with van der Waals surface area (Å²) >= 11 is 2.78. The lowest BCUT2D eigenvalue weighted by Crippen LogP contribution is -2.14. The highest BCUT2D eigenvalue weighted by atomic mass is 32.2. The number of carbonyl (C=O) groups is 1. The van der Waals surface area contributed by atoms with Crippen molar-refractivity contribution in [3.63, 3.8) is 0 Å². The van der Waals surface area contributed by atoms with Gasteiger partial charge in [-0.3, -0.25) is 9.36 Å². The Morgan fingerprint density at radius 1 is 1.25 bits per heavy atom. The van der Waals surface area contributed by atoms with Gasteiger partial charge in [0.15, 0.2) is 10.3 Å². The summed E-state index contributed by atoms with van der Waals surface area (Å²) in [6.07, 6.45) is 0. The highest BCUT2D eigenvalue weighted by Crippen LogP contribution is 2.24. The summed E-state index contributed by atoms with van der Waals surface area (Å²) in [5, 5.41) is 14.4. The van der Waals surface area contributed by atoms with Gasteiger partial charge in [0.25, 0.3) is 0 Å². The molecule has 0 radical (unpaired) electrons. The number of hydrogen-bond acceptors (Lipinski definition) is 6. The minimum absolute atomic E-state index is 0.105. The number of rotatable bonds is 5. The Kier molecular flexibility index (Phi) is 4.96. The van der Waals surface area contributed by atoms with E-state index in [2.05, 4.69) is 20.5 Å². The zero-order valence-electron chi connectivity index (χ0n) is 13.6. The molecule has 2 aromatic heterocycles. The first-order valence-electron chi connectivity index (χ1n) is 7.37. The Balaban J connectivity index is 1.72. The van der Waals surface area contributed by atoms with Crippen LogP contribution in [0.25, 0.3) is 5.69 Å². The first-order valence-corrected chi connectivity index (χ1v) is 9.24. The summed E-state index contributed by atoms with van der Waals surface area (Å²) in [5.74, 6) is 0.942. The highest BCUT2D eigenvalue weighted by molar-refractivity contribution is 7.99. The molecule has 0 unspecified atom stereocenters. The van der Waals surface area contributed by atoms with Crippen molar-refractivity contribution >= 4 is 34.1 Å². The molecule has 3 aromatic rings. The molecule has 1 amide bonds. The number of nitrogens with zero attached hydrogens (tertiary/aromatic N) is 4. The van der Waals surface area contributed by atoms with E-state index >= 15 is 0 Å². The van der Waals surface area contributed by atoms with E-state index in [4.69, 9.17) is 0 Å². The van der Waals surface area contributed by atoms with Crippen molar-refractivity contribution in [1.29, 1.82) is 0 Å². The summed E-state index contributed by atoms with van der Waals surface area (Å²) in [5.41, 5.74) is 3.06. The molecule has 6 nitrogen and oxygen atoms in total. The highest BCUT2D eigenvalue weighted by Gasteiger charge is 2.15. The molecule has 0 atom stereocenters. The van der Waals surface area contributed by atoms with Crippen molar-refractivity contribution in [2.45, 2.75) is 25.9 Å². The monoisotopic (exact) mass is 359 g/mol. The maximum atomic E-state index is 12.1. The summed E-state index contributed by atoms with van der Waals surface area (Å²) in [6, 6.07) is 8.04. The molecule has 2 heterocycles. The predicted octanol–water partition coefficient (Wildman–Crippen LogP) is 3.38. The van der Waals surface area contributed by atoms with E-state index in [0.29, 0.717) is 10.3 Å². The van der Waals surface area contributed by atoms with Crippen molar-refractivity contribution in [3.05, 3.63) is 46.7 Å². The lowest BCUT2D eigenvalue weighted by atomic mass is 10.2. The topological polar surface area (TPSA) is 72.7 Å². The molecule has 0 fully saturated rings. The molecule has 0 saturated carbocycles. The molecule has 8 heteroatoms. The van der Waals surface area contributed by atoms with Gasteiger partial charge in [-0.2, -0.15) is 0 Å². The van der Waals surface area contributed by atoms with Gasteiger partial charge in [0.05, 0.1) is 17.1 Å². The fourth-order valence-electron chi connectivity index (χ4n) is 2.22. The number of aromatic nitrogens is 4. The zero-order valence-corrected chi connectivity index (χ0v) is 15.2. The van der Waals surface area contributed by atoms with Crippen LogP contribution in [0, 0.1) is 20.8 Å². The van der Waals surface area contributed by atoms with E-state index in [1.165, 1.54) is 23.1 Å². The predicted molar refractivity (Wildman–Crippen MR) is 97.0 cm³/mol. The van der Waals surface area contributed by atoms with Crippen LogP contribution in [0.2, 0.25) is 0 Å². The van der Waals surface area contributed by atoms with Crippen LogP contribution in [0.5, 0.6) is 0 Å². The Morgan fingerprint density at radius 3 is 2.75 bits per heavy atom. The van der Waals surface area contributed by atoms with Gasteiger partial charge in [0.2, 0.25) is 5.91 Å². The average molecular weight is 359 g/mol. The van der Waals surface area contributed by atoms with Crippen LogP contribution in [0.15, 0.2) is 34.8 Å². The first-order chi connectivity index (χ1) is 11.5. The van der Waals surface area contributed by atoms with Gasteiger partial charge in [0.1, 0.15) is 5.82 Å². The minimum atomic E-state index is -0.105. The number of aryl methyl sites for hydroxylation is 3. The quantitative estimate of drug-likeness (QED) is 0.707. The van der Waals surface area contributed by atoms with Gasteiger partial charge in [-0.05, 0) is 32.4 Å². The van der Waals surface area contributed by atoms with E-state index in [-0.39, 0.29) is 11.7 Å². The smallest absolute Gasteiger partial charge is 0.236 e. The van der Waals surface area contributed by atoms with E-state index in [9.17, 15) is 4.79 Å². The second-order valence-corrected chi connectivity index (χ2v) is 7.08. The molecule has 24 heavy (non-hydrogen) atoms. The third-order valence-electron chi connectivity index (χ3n) is 3.35. The number of amides is 1. The summed E-state index contributed by atoms with van der Waals surface area (Å²) in [4.78, 5) is 16.3. The molecular formula is C16H17N5OS2. The van der Waals surface area contributed by atoms with E-state index in [1.54, 1.807) is 0 Å². The summed E-state index contributed by atoms with van der Waals surface area (Å²) < 4.78 is 1.97. The van der Waals surface area contributed by atoms with E-state index in [1.807, 2.05) is 55.0 Å². The molecule has 3 rings (SSSR count). The molecule has 0 aliphatic heterocycles. The van der Waals surface area contributed by atoms with Crippen molar-refractivity contribution in [3.8, 4) is 5.69 Å². The molecule has 0 spiro atoms. The standard InChI is InChI=1S/C16H17N5OS2/c1-10-6-4-5-7-13(10)21-12(3)19-20-16(21)24-9-14(22)18-15-17-11(2)8-23-15/h4-8H,9H2,1-3H3,(H,17,18,22). The number of anilines is 1. The Labute approximate surface area is 148 Å². The van der Waals surface area contributed by atoms with Gasteiger partial charge in [-0.1, -0.05) is 30.0 Å². The average Bonchev–Trinajstić information content (AvgIpc) is 3.12. The van der Waals surface area contributed by atoms with Crippen LogP contribution in [0.1, 0.15) is 17.1 Å². The number of thioether (sulfide) groups is 1. The molecule has 124 valence electrons. The lowest BCUT2D eigenvalue weighted by Gasteiger charge is -2.10. The molecule has 1 N–H and O–H groups in total. The zero-order chi connectivity index (χ0) is 17.1. The van der Waals surface area contributed by atoms with Crippen molar-refractivity contribution < 1.29 is 4.79 Å². The minimum Gasteiger partial charge on any atom is -0.301 e. The second-order valence-electron chi connectivity index (χ2n) is 5.28. The summed E-state index contributed by atoms with van der Waals surface area (Å²) in [7, 11) is 0. The largest absolute Gasteiger partial charge is 0.301 e. The normalized spacial score (nSPS) is 10.8. The van der Waals surface area contributed by atoms with Crippen LogP contribution < -0.4 is 5.32 Å². The molecule has 0 aliphatic carbocycles. The van der Waals surface area contributed by atoms with E-state index < -0.39 is 0 Å². The Bertz CT molecular complexity index is 871. The maximum Gasteiger partial charge on any atom is 0.236 e. The number of carbonyl (C=O) groups excluding carboxylic acids is 1. The number of para-hydroxylation sites is 1. The number of benzene rings is 1. The van der Waals surface area contributed by atoms with Crippen LogP contribution in [-0.4, -0.2) is 31.4 Å². The maximum absolute atomic E-state index is 12.1. The fourth-order valence-corrected chi connectivity index (χ4v) is 3.72. The molecular weight excluding hydrogens is 342 g/mol.